The van der Waals surface area contributed by atoms with Gasteiger partial charge >= 0.3 is 0 Å². The Morgan fingerprint density at radius 1 is 1.03 bits per heavy atom. The van der Waals surface area contributed by atoms with Crippen molar-refractivity contribution >= 4 is 38.4 Å². The molecule has 0 saturated heterocycles. The van der Waals surface area contributed by atoms with Crippen molar-refractivity contribution in [1.82, 2.24) is 20.0 Å². The first kappa shape index (κ1) is 23.6. The quantitative estimate of drug-likeness (QED) is 0.360. The smallest absolute Gasteiger partial charge is 0.257 e. The summed E-state index contributed by atoms with van der Waals surface area (Å²) >= 11 is 5.84. The van der Waals surface area contributed by atoms with Crippen LogP contribution in [0.5, 0.6) is 0 Å². The largest absolute Gasteiger partial charge is 0.358 e. The number of aromatic amines is 1. The zero-order valence-electron chi connectivity index (χ0n) is 17.5. The molecule has 3 N–H and O–H groups in total. The second-order valence-electron chi connectivity index (χ2n) is 7.35. The number of aromatic nitrogens is 2. The number of carbonyl (C=O) groups excluding carboxylic acids is 1. The number of carbonyl (C=O) groups is 1. The molecule has 11 heteroatoms. The summed E-state index contributed by atoms with van der Waals surface area (Å²) in [4.78, 5) is 31.5. The van der Waals surface area contributed by atoms with Gasteiger partial charge in [-0.15, -0.1) is 0 Å². The van der Waals surface area contributed by atoms with Gasteiger partial charge in [0.2, 0.25) is 15.5 Å². The maximum Gasteiger partial charge on any atom is 0.257 e. The summed E-state index contributed by atoms with van der Waals surface area (Å²) in [6.45, 7) is 0.0865. The molecular weight excluding hydrogens is 483 g/mol. The summed E-state index contributed by atoms with van der Waals surface area (Å²) in [6, 6.07) is 11.9. The highest BCUT2D eigenvalue weighted by Gasteiger charge is 2.20. The number of nitrogens with zero attached hydrogens (tertiary/aromatic N) is 1. The summed E-state index contributed by atoms with van der Waals surface area (Å²) in [5.41, 5.74) is 0.131. The molecule has 2 aromatic heterocycles. The number of rotatable bonds is 7. The third-order valence-electron chi connectivity index (χ3n) is 5.05. The van der Waals surface area contributed by atoms with Gasteiger partial charge in [-0.25, -0.2) is 17.5 Å². The fraction of sp³-hybridized carbons (Fsp3) is 0.0870. The molecule has 0 unspecified atom stereocenters. The average molecular weight is 501 g/mol. The van der Waals surface area contributed by atoms with E-state index < -0.39 is 32.1 Å². The number of hydrogen-bond donors (Lipinski definition) is 3. The maximum atomic E-state index is 14.7. The zero-order chi connectivity index (χ0) is 24.3. The lowest BCUT2D eigenvalue weighted by atomic mass is 10.1. The van der Waals surface area contributed by atoms with Crippen LogP contribution in [-0.4, -0.2) is 24.3 Å². The van der Waals surface area contributed by atoms with E-state index in [4.69, 9.17) is 11.6 Å². The number of nitrogens with one attached hydrogen (secondary N) is 3. The molecule has 0 spiro atoms. The van der Waals surface area contributed by atoms with Gasteiger partial charge in [-0.1, -0.05) is 23.7 Å². The fourth-order valence-electron chi connectivity index (χ4n) is 3.23. The first-order chi connectivity index (χ1) is 16.2. The highest BCUT2D eigenvalue weighted by molar-refractivity contribution is 7.89. The van der Waals surface area contributed by atoms with Crippen molar-refractivity contribution in [1.29, 1.82) is 0 Å². The van der Waals surface area contributed by atoms with Gasteiger partial charge in [0.25, 0.3) is 5.91 Å². The van der Waals surface area contributed by atoms with Crippen molar-refractivity contribution in [3.05, 3.63) is 105 Å². The van der Waals surface area contributed by atoms with E-state index in [1.165, 1.54) is 12.4 Å². The molecule has 0 aliphatic heterocycles. The van der Waals surface area contributed by atoms with E-state index in [2.05, 4.69) is 20.0 Å². The van der Waals surface area contributed by atoms with Gasteiger partial charge in [-0.2, -0.15) is 0 Å². The van der Waals surface area contributed by atoms with Crippen molar-refractivity contribution in [2.24, 2.45) is 0 Å². The van der Waals surface area contributed by atoms with E-state index in [9.17, 15) is 22.4 Å². The Hall–Kier alpha value is -3.60. The molecule has 0 bridgehead atoms. The van der Waals surface area contributed by atoms with Gasteiger partial charge in [-0.3, -0.25) is 14.6 Å². The van der Waals surface area contributed by atoms with Gasteiger partial charge < -0.3 is 10.3 Å². The second kappa shape index (κ2) is 9.72. The third kappa shape index (κ3) is 5.14. The predicted octanol–water partition coefficient (Wildman–Crippen LogP) is 3.12. The molecule has 0 aliphatic carbocycles. The van der Waals surface area contributed by atoms with Gasteiger partial charge in [0.15, 0.2) is 0 Å². The SMILES string of the molecule is O=C(NCc1ccc(Cl)cc1)c1c[nH]c2c(F)cc(S(=O)(=O)NCc3ccncc3)cc2c1=O. The first-order valence-electron chi connectivity index (χ1n) is 10.0. The third-order valence-corrected chi connectivity index (χ3v) is 6.68. The lowest BCUT2D eigenvalue weighted by molar-refractivity contribution is 0.0949. The van der Waals surface area contributed by atoms with Crippen LogP contribution in [-0.2, 0) is 23.1 Å². The van der Waals surface area contributed by atoms with Crippen LogP contribution in [0.1, 0.15) is 21.5 Å². The van der Waals surface area contributed by atoms with Gasteiger partial charge in [-0.05, 0) is 47.5 Å². The highest BCUT2D eigenvalue weighted by Crippen LogP contribution is 2.20. The van der Waals surface area contributed by atoms with Crippen LogP contribution in [0.4, 0.5) is 4.39 Å². The van der Waals surface area contributed by atoms with Crippen molar-refractivity contribution in [2.75, 3.05) is 0 Å². The predicted molar refractivity (Wildman–Crippen MR) is 125 cm³/mol. The number of pyridine rings is 2. The van der Waals surface area contributed by atoms with Gasteiger partial charge in [0.05, 0.1) is 15.8 Å². The van der Waals surface area contributed by atoms with E-state index >= 15 is 0 Å². The van der Waals surface area contributed by atoms with E-state index in [-0.39, 0.29) is 29.6 Å². The zero-order valence-corrected chi connectivity index (χ0v) is 19.1. The van der Waals surface area contributed by atoms with Crippen LogP contribution >= 0.6 is 11.6 Å². The average Bonchev–Trinajstić information content (AvgIpc) is 2.83. The molecule has 0 atom stereocenters. The second-order valence-corrected chi connectivity index (χ2v) is 9.55. The molecule has 34 heavy (non-hydrogen) atoms. The monoisotopic (exact) mass is 500 g/mol. The molecule has 2 heterocycles. The van der Waals surface area contributed by atoms with Crippen molar-refractivity contribution in [3.8, 4) is 0 Å². The van der Waals surface area contributed by atoms with E-state index in [0.717, 1.165) is 23.9 Å². The molecule has 0 aliphatic rings. The lowest BCUT2D eigenvalue weighted by Gasteiger charge is -2.10. The Morgan fingerprint density at radius 2 is 1.71 bits per heavy atom. The number of fused-ring (bicyclic) bond motifs is 1. The van der Waals surface area contributed by atoms with Crippen LogP contribution in [0.25, 0.3) is 10.9 Å². The Bertz CT molecular complexity index is 1520. The maximum absolute atomic E-state index is 14.7. The number of amides is 1. The Morgan fingerprint density at radius 3 is 2.41 bits per heavy atom. The molecule has 2 aromatic carbocycles. The molecular formula is C23H18ClFN4O4S. The topological polar surface area (TPSA) is 121 Å². The standard InChI is InChI=1S/C23H18ClFN4O4S/c24-16-3-1-14(2-4-16)11-28-23(31)19-13-27-21-18(22(19)30)9-17(10-20(21)25)34(32,33)29-12-15-5-7-26-8-6-15/h1-10,13,29H,11-12H2,(H,27,30)(H,28,31). The molecule has 0 saturated carbocycles. The van der Waals surface area contributed by atoms with Crippen LogP contribution in [0.3, 0.4) is 0 Å². The molecule has 0 radical (unpaired) electrons. The van der Waals surface area contributed by atoms with E-state index in [1.54, 1.807) is 36.4 Å². The van der Waals surface area contributed by atoms with Crippen molar-refractivity contribution in [2.45, 2.75) is 18.0 Å². The summed E-state index contributed by atoms with van der Waals surface area (Å²) < 4.78 is 42.5. The van der Waals surface area contributed by atoms with E-state index in [0.29, 0.717) is 10.6 Å². The van der Waals surface area contributed by atoms with E-state index in [1.807, 2.05) is 0 Å². The minimum absolute atomic E-state index is 0.0476. The normalized spacial score (nSPS) is 11.5. The number of hydrogen-bond acceptors (Lipinski definition) is 5. The van der Waals surface area contributed by atoms with Crippen molar-refractivity contribution in [3.63, 3.8) is 0 Å². The summed E-state index contributed by atoms with van der Waals surface area (Å²) in [7, 11) is -4.15. The number of H-pyrrole nitrogens is 1. The molecule has 8 nitrogen and oxygen atoms in total. The van der Waals surface area contributed by atoms with Gasteiger partial charge in [0.1, 0.15) is 11.4 Å². The minimum atomic E-state index is -4.15. The molecule has 4 aromatic rings. The van der Waals surface area contributed by atoms with Gasteiger partial charge in [0, 0.05) is 36.7 Å². The van der Waals surface area contributed by atoms with Crippen LogP contribution < -0.4 is 15.5 Å². The lowest BCUT2D eigenvalue weighted by Crippen LogP contribution is -2.29. The molecule has 4 rings (SSSR count). The Labute approximate surface area is 198 Å². The van der Waals surface area contributed by atoms with Crippen LogP contribution in [0, 0.1) is 5.82 Å². The summed E-state index contributed by atoms with van der Waals surface area (Å²) in [5, 5.41) is 2.89. The van der Waals surface area contributed by atoms with Crippen LogP contribution in [0.15, 0.2) is 76.8 Å². The fourth-order valence-corrected chi connectivity index (χ4v) is 4.41. The Balaban J connectivity index is 1.61. The highest BCUT2D eigenvalue weighted by atomic mass is 35.5. The number of halogens is 2. The summed E-state index contributed by atoms with van der Waals surface area (Å²) in [5.74, 6) is -1.63. The Kier molecular flexibility index (Phi) is 6.73. The molecule has 1 amide bonds. The van der Waals surface area contributed by atoms with Crippen molar-refractivity contribution < 1.29 is 17.6 Å². The molecule has 0 fully saturated rings. The number of benzene rings is 2. The first-order valence-corrected chi connectivity index (χ1v) is 11.9. The number of sulfonamides is 1. The minimum Gasteiger partial charge on any atom is -0.358 e. The van der Waals surface area contributed by atoms with Crippen LogP contribution in [0.2, 0.25) is 5.02 Å². The molecule has 174 valence electrons. The summed E-state index contributed by atoms with van der Waals surface area (Å²) in [6.07, 6.45) is 4.12.